The lowest BCUT2D eigenvalue weighted by atomic mass is 10.1. The van der Waals surface area contributed by atoms with Crippen molar-refractivity contribution in [3.8, 4) is 5.75 Å². The van der Waals surface area contributed by atoms with Crippen LogP contribution in [-0.4, -0.2) is 29.6 Å². The number of rotatable bonds is 7. The lowest BCUT2D eigenvalue weighted by Crippen LogP contribution is -2.35. The second-order valence-corrected chi connectivity index (χ2v) is 7.84. The number of benzene rings is 2. The Hall–Kier alpha value is -2.45. The highest BCUT2D eigenvalue weighted by Gasteiger charge is 2.17. The molecule has 0 saturated heterocycles. The van der Waals surface area contributed by atoms with Gasteiger partial charge in [0.25, 0.3) is 11.8 Å². The highest BCUT2D eigenvalue weighted by Crippen LogP contribution is 2.24. The normalized spacial score (nSPS) is 10.4. The van der Waals surface area contributed by atoms with E-state index in [4.69, 9.17) is 17.0 Å². The second kappa shape index (κ2) is 10.9. The first-order valence-electron chi connectivity index (χ1n) is 9.27. The maximum atomic E-state index is 12.7. The van der Waals surface area contributed by atoms with Gasteiger partial charge in [0.1, 0.15) is 5.75 Å². The molecule has 2 amide bonds. The molecule has 0 aliphatic heterocycles. The van der Waals surface area contributed by atoms with Gasteiger partial charge in [-0.15, -0.1) is 0 Å². The van der Waals surface area contributed by atoms with Gasteiger partial charge in [0.2, 0.25) is 0 Å². The number of hydrogen-bond acceptors (Lipinski definition) is 4. The van der Waals surface area contributed by atoms with E-state index in [1.165, 1.54) is 0 Å². The summed E-state index contributed by atoms with van der Waals surface area (Å²) in [5.74, 6) is -0.154. The molecule has 0 radical (unpaired) electrons. The van der Waals surface area contributed by atoms with Gasteiger partial charge in [-0.2, -0.15) is 0 Å². The van der Waals surface area contributed by atoms with E-state index in [1.807, 2.05) is 20.8 Å². The standard InChI is InChI=1S/C21H24BrN3O3S/c1-4-11-23-19(26)15-7-5-6-8-17(15)24-21(29)25-20(27)16-12-14(22)9-10-18(16)28-13(2)3/h5-10,12-13H,4,11H2,1-3H3,(H,23,26)(H2,24,25,27,29). The molecule has 0 aliphatic rings. The van der Waals surface area contributed by atoms with Crippen LogP contribution in [-0.2, 0) is 0 Å². The summed E-state index contributed by atoms with van der Waals surface area (Å²) in [5, 5.41) is 8.49. The van der Waals surface area contributed by atoms with Crippen molar-refractivity contribution in [3.05, 3.63) is 58.1 Å². The minimum Gasteiger partial charge on any atom is -0.490 e. The van der Waals surface area contributed by atoms with Crippen LogP contribution in [0.3, 0.4) is 0 Å². The molecule has 0 aliphatic carbocycles. The van der Waals surface area contributed by atoms with Gasteiger partial charge in [0, 0.05) is 11.0 Å². The first-order valence-corrected chi connectivity index (χ1v) is 10.5. The van der Waals surface area contributed by atoms with Gasteiger partial charge in [-0.1, -0.05) is 35.0 Å². The molecule has 0 saturated carbocycles. The van der Waals surface area contributed by atoms with E-state index < -0.39 is 5.91 Å². The zero-order valence-electron chi connectivity index (χ0n) is 16.5. The van der Waals surface area contributed by atoms with Gasteiger partial charge in [0.15, 0.2) is 5.11 Å². The summed E-state index contributed by atoms with van der Waals surface area (Å²) in [6.07, 6.45) is 0.754. The molecule has 8 heteroatoms. The van der Waals surface area contributed by atoms with Crippen LogP contribution in [0, 0.1) is 0 Å². The molecule has 0 aromatic heterocycles. The van der Waals surface area contributed by atoms with Gasteiger partial charge in [-0.05, 0) is 62.8 Å². The summed E-state index contributed by atoms with van der Waals surface area (Å²) in [4.78, 5) is 25.1. The van der Waals surface area contributed by atoms with E-state index in [9.17, 15) is 9.59 Å². The van der Waals surface area contributed by atoms with Crippen LogP contribution in [0.2, 0.25) is 0 Å². The molecule has 154 valence electrons. The SMILES string of the molecule is CCCNC(=O)c1ccccc1NC(=S)NC(=O)c1cc(Br)ccc1OC(C)C. The molecule has 0 bridgehead atoms. The van der Waals surface area contributed by atoms with E-state index in [-0.39, 0.29) is 17.1 Å². The number of halogens is 1. The van der Waals surface area contributed by atoms with Gasteiger partial charge >= 0.3 is 0 Å². The number of thiocarbonyl (C=S) groups is 1. The Kier molecular flexibility index (Phi) is 8.60. The van der Waals surface area contributed by atoms with E-state index in [0.29, 0.717) is 29.1 Å². The molecule has 2 rings (SSSR count). The number of para-hydroxylation sites is 1. The topological polar surface area (TPSA) is 79.5 Å². The molecule has 0 atom stereocenters. The third-order valence-electron chi connectivity index (χ3n) is 3.73. The molecule has 2 aromatic rings. The molecule has 0 unspecified atom stereocenters. The number of carbonyl (C=O) groups is 2. The van der Waals surface area contributed by atoms with E-state index in [0.717, 1.165) is 10.9 Å². The summed E-state index contributed by atoms with van der Waals surface area (Å²) in [6, 6.07) is 12.2. The van der Waals surface area contributed by atoms with Crippen LogP contribution in [0.15, 0.2) is 46.9 Å². The van der Waals surface area contributed by atoms with Crippen molar-refractivity contribution in [2.45, 2.75) is 33.3 Å². The van der Waals surface area contributed by atoms with Crippen LogP contribution < -0.4 is 20.7 Å². The predicted molar refractivity (Wildman–Crippen MR) is 123 cm³/mol. The van der Waals surface area contributed by atoms with Crippen molar-refractivity contribution in [1.29, 1.82) is 0 Å². The van der Waals surface area contributed by atoms with Crippen molar-refractivity contribution >= 4 is 50.8 Å². The Labute approximate surface area is 184 Å². The number of carbonyl (C=O) groups excluding carboxylic acids is 2. The fourth-order valence-corrected chi connectivity index (χ4v) is 3.05. The monoisotopic (exact) mass is 477 g/mol. The molecule has 29 heavy (non-hydrogen) atoms. The molecule has 6 nitrogen and oxygen atoms in total. The number of amides is 2. The zero-order chi connectivity index (χ0) is 21.4. The average Bonchev–Trinajstić information content (AvgIpc) is 2.67. The molecular formula is C21H24BrN3O3S. The first-order chi connectivity index (χ1) is 13.8. The molecule has 0 spiro atoms. The van der Waals surface area contributed by atoms with Crippen LogP contribution in [0.25, 0.3) is 0 Å². The van der Waals surface area contributed by atoms with Crippen LogP contribution in [0.4, 0.5) is 5.69 Å². The van der Waals surface area contributed by atoms with Gasteiger partial charge in [-0.25, -0.2) is 0 Å². The number of nitrogens with one attached hydrogen (secondary N) is 3. The van der Waals surface area contributed by atoms with E-state index in [2.05, 4.69) is 31.9 Å². The number of hydrogen-bond donors (Lipinski definition) is 3. The Bertz CT molecular complexity index is 902. The molecule has 3 N–H and O–H groups in total. The Morgan fingerprint density at radius 1 is 1.10 bits per heavy atom. The third-order valence-corrected chi connectivity index (χ3v) is 4.43. The largest absolute Gasteiger partial charge is 0.490 e. The van der Waals surface area contributed by atoms with Crippen molar-refractivity contribution in [1.82, 2.24) is 10.6 Å². The maximum absolute atomic E-state index is 12.7. The summed E-state index contributed by atoms with van der Waals surface area (Å²) < 4.78 is 6.46. The van der Waals surface area contributed by atoms with Gasteiger partial charge < -0.3 is 15.4 Å². The van der Waals surface area contributed by atoms with E-state index >= 15 is 0 Å². The zero-order valence-corrected chi connectivity index (χ0v) is 18.9. The van der Waals surface area contributed by atoms with Crippen LogP contribution >= 0.6 is 28.1 Å². The lowest BCUT2D eigenvalue weighted by molar-refractivity contribution is 0.0951. The van der Waals surface area contributed by atoms with Crippen molar-refractivity contribution in [2.75, 3.05) is 11.9 Å². The highest BCUT2D eigenvalue weighted by atomic mass is 79.9. The lowest BCUT2D eigenvalue weighted by Gasteiger charge is -2.16. The fourth-order valence-electron chi connectivity index (χ4n) is 2.48. The van der Waals surface area contributed by atoms with Crippen LogP contribution in [0.1, 0.15) is 47.9 Å². The van der Waals surface area contributed by atoms with Gasteiger partial charge in [-0.3, -0.25) is 14.9 Å². The Balaban J connectivity index is 2.13. The Morgan fingerprint density at radius 2 is 1.83 bits per heavy atom. The smallest absolute Gasteiger partial charge is 0.261 e. The van der Waals surface area contributed by atoms with Crippen molar-refractivity contribution in [3.63, 3.8) is 0 Å². The fraction of sp³-hybridized carbons (Fsp3) is 0.286. The maximum Gasteiger partial charge on any atom is 0.261 e. The number of anilines is 1. The number of ether oxygens (including phenoxy) is 1. The molecule has 0 heterocycles. The summed E-state index contributed by atoms with van der Waals surface area (Å²) in [7, 11) is 0. The second-order valence-electron chi connectivity index (χ2n) is 6.52. The van der Waals surface area contributed by atoms with Crippen molar-refractivity contribution < 1.29 is 14.3 Å². The quantitative estimate of drug-likeness (QED) is 0.511. The molecule has 0 fully saturated rings. The van der Waals surface area contributed by atoms with E-state index in [1.54, 1.807) is 42.5 Å². The summed E-state index contributed by atoms with van der Waals surface area (Å²) in [5.41, 5.74) is 1.31. The Morgan fingerprint density at radius 3 is 2.52 bits per heavy atom. The minimum absolute atomic E-state index is 0.0821. The van der Waals surface area contributed by atoms with Gasteiger partial charge in [0.05, 0.1) is 22.9 Å². The third kappa shape index (κ3) is 6.83. The van der Waals surface area contributed by atoms with Crippen LogP contribution in [0.5, 0.6) is 5.75 Å². The predicted octanol–water partition coefficient (Wildman–Crippen LogP) is 4.50. The molecular weight excluding hydrogens is 454 g/mol. The minimum atomic E-state index is -0.410. The van der Waals surface area contributed by atoms with Crippen molar-refractivity contribution in [2.24, 2.45) is 0 Å². The first kappa shape index (κ1) is 22.8. The summed E-state index contributed by atoms with van der Waals surface area (Å²) in [6.45, 7) is 6.33. The average molecular weight is 478 g/mol. The highest BCUT2D eigenvalue weighted by molar-refractivity contribution is 9.10. The molecule has 2 aromatic carbocycles. The summed E-state index contributed by atoms with van der Waals surface area (Å²) >= 11 is 8.65.